The quantitative estimate of drug-likeness (QED) is 0.310. The lowest BCUT2D eigenvalue weighted by molar-refractivity contribution is 0.106. The van der Waals surface area contributed by atoms with E-state index in [9.17, 15) is 5.11 Å². The lowest BCUT2D eigenvalue weighted by Crippen LogP contribution is -2.32. The van der Waals surface area contributed by atoms with Crippen LogP contribution in [0.25, 0.3) is 11.4 Å². The molecule has 32 heavy (non-hydrogen) atoms. The fraction of sp³-hybridized carbons (Fsp3) is 0.318. The Kier molecular flexibility index (Phi) is 12.5. The van der Waals surface area contributed by atoms with Gasteiger partial charge < -0.3 is 29.6 Å². The van der Waals surface area contributed by atoms with Crippen LogP contribution in [0, 0.1) is 0 Å². The van der Waals surface area contributed by atoms with Gasteiger partial charge in [-0.1, -0.05) is 6.07 Å². The third-order valence-electron chi connectivity index (χ3n) is 4.53. The van der Waals surface area contributed by atoms with Crippen LogP contribution in [0.3, 0.4) is 0 Å². The predicted molar refractivity (Wildman–Crippen MR) is 134 cm³/mol. The van der Waals surface area contributed by atoms with Crippen molar-refractivity contribution in [2.45, 2.75) is 12.5 Å². The summed E-state index contributed by atoms with van der Waals surface area (Å²) in [5.74, 6) is 2.92. The first-order valence-electron chi connectivity index (χ1n) is 9.62. The summed E-state index contributed by atoms with van der Waals surface area (Å²) in [6.45, 7) is 1.40. The number of rotatable bonds is 11. The first-order valence-corrected chi connectivity index (χ1v) is 10.4. The smallest absolute Gasteiger partial charge is 0.160 e. The number of methoxy groups -OCH3 is 2. The predicted octanol–water partition coefficient (Wildman–Crippen LogP) is 4.27. The van der Waals surface area contributed by atoms with Crippen molar-refractivity contribution in [2.75, 3.05) is 33.9 Å². The average molecular weight is 549 g/mol. The molecule has 0 aliphatic carbocycles. The first-order chi connectivity index (χ1) is 14.6. The van der Waals surface area contributed by atoms with Crippen molar-refractivity contribution >= 4 is 40.7 Å². The normalized spacial score (nSPS) is 11.1. The molecule has 3 rings (SSSR count). The fourth-order valence-electron chi connectivity index (χ4n) is 2.94. The number of halogens is 3. The Hall–Kier alpha value is -1.97. The van der Waals surface area contributed by atoms with Gasteiger partial charge >= 0.3 is 0 Å². The van der Waals surface area contributed by atoms with Gasteiger partial charge in [0, 0.05) is 12.1 Å². The molecule has 1 atom stereocenters. The number of imidazole rings is 1. The number of aromatic amines is 1. The van der Waals surface area contributed by atoms with Crippen LogP contribution in [0.1, 0.15) is 5.56 Å². The second-order valence-electron chi connectivity index (χ2n) is 6.71. The average Bonchev–Trinajstić information content (AvgIpc) is 3.21. The Morgan fingerprint density at radius 1 is 1.06 bits per heavy atom. The van der Waals surface area contributed by atoms with Crippen LogP contribution in [-0.4, -0.2) is 55.1 Å². The Morgan fingerprint density at radius 2 is 1.78 bits per heavy atom. The summed E-state index contributed by atoms with van der Waals surface area (Å²) < 4.78 is 17.1. The molecule has 1 aromatic heterocycles. The molecule has 0 aliphatic heterocycles. The van der Waals surface area contributed by atoms with Crippen molar-refractivity contribution < 1.29 is 19.3 Å². The number of nitrogens with one attached hydrogen (secondary N) is 2. The van der Waals surface area contributed by atoms with Crippen molar-refractivity contribution in [3.63, 3.8) is 0 Å². The molecule has 0 aliphatic rings. The van der Waals surface area contributed by atoms with E-state index >= 15 is 0 Å². The summed E-state index contributed by atoms with van der Waals surface area (Å²) in [5.41, 5.74) is 2.10. The topological polar surface area (TPSA) is 88.6 Å². The van der Waals surface area contributed by atoms with Crippen molar-refractivity contribution in [2.24, 2.45) is 0 Å². The fourth-order valence-corrected chi connectivity index (χ4v) is 3.23. The molecule has 3 N–H and O–H groups in total. The molecule has 10 heteroatoms. The van der Waals surface area contributed by atoms with Gasteiger partial charge in [-0.05, 0) is 70.9 Å². The number of aromatic nitrogens is 2. The number of aliphatic hydroxyl groups excluding tert-OH is 1. The molecular weight excluding hydrogens is 521 g/mol. The van der Waals surface area contributed by atoms with E-state index < -0.39 is 6.10 Å². The van der Waals surface area contributed by atoms with E-state index in [-0.39, 0.29) is 31.4 Å². The van der Waals surface area contributed by atoms with Crippen LogP contribution in [0.15, 0.2) is 53.3 Å². The van der Waals surface area contributed by atoms with Crippen molar-refractivity contribution in [1.82, 2.24) is 15.3 Å². The third-order valence-corrected chi connectivity index (χ3v) is 4.94. The maximum Gasteiger partial charge on any atom is 0.160 e. The van der Waals surface area contributed by atoms with Crippen LogP contribution >= 0.6 is 40.7 Å². The number of ether oxygens (including phenoxy) is 3. The standard InChI is InChI=1S/C22H26BrN3O4.2ClH/c1-28-19-8-3-15(11-20(19)29-2)9-10-24-12-17(27)14-30-18-6-4-16(5-7-18)22-25-13-21(23)26-22;;/h3-8,11,13,17,24,27H,9-10,12,14H2,1-2H3,(H,25,26);2*1H. The summed E-state index contributed by atoms with van der Waals surface area (Å²) in [4.78, 5) is 7.38. The van der Waals surface area contributed by atoms with Gasteiger partial charge in [0.1, 0.15) is 28.9 Å². The number of hydrogen-bond donors (Lipinski definition) is 3. The summed E-state index contributed by atoms with van der Waals surface area (Å²) >= 11 is 3.35. The molecule has 1 unspecified atom stereocenters. The van der Waals surface area contributed by atoms with Gasteiger partial charge in [-0.25, -0.2) is 4.98 Å². The summed E-state index contributed by atoms with van der Waals surface area (Å²) in [6, 6.07) is 13.4. The minimum atomic E-state index is -0.601. The molecule has 176 valence electrons. The summed E-state index contributed by atoms with van der Waals surface area (Å²) in [5, 5.41) is 13.4. The second-order valence-corrected chi connectivity index (χ2v) is 7.57. The Morgan fingerprint density at radius 3 is 2.41 bits per heavy atom. The Bertz CT molecular complexity index is 941. The van der Waals surface area contributed by atoms with Crippen LogP contribution < -0.4 is 19.5 Å². The molecule has 0 spiro atoms. The van der Waals surface area contributed by atoms with E-state index in [2.05, 4.69) is 31.2 Å². The van der Waals surface area contributed by atoms with Gasteiger partial charge in [-0.2, -0.15) is 0 Å². The van der Waals surface area contributed by atoms with Gasteiger partial charge in [0.05, 0.1) is 20.4 Å². The van der Waals surface area contributed by atoms with Gasteiger partial charge in [0.25, 0.3) is 0 Å². The van der Waals surface area contributed by atoms with Gasteiger partial charge in [0.2, 0.25) is 0 Å². The molecule has 0 saturated carbocycles. The van der Waals surface area contributed by atoms with Crippen LogP contribution in [0.4, 0.5) is 0 Å². The lowest BCUT2D eigenvalue weighted by Gasteiger charge is -2.14. The molecule has 0 bridgehead atoms. The second kappa shape index (κ2) is 14.2. The lowest BCUT2D eigenvalue weighted by atomic mass is 10.1. The molecule has 0 fully saturated rings. The molecule has 7 nitrogen and oxygen atoms in total. The largest absolute Gasteiger partial charge is 0.493 e. The number of hydrogen-bond acceptors (Lipinski definition) is 6. The maximum atomic E-state index is 10.1. The van der Waals surface area contributed by atoms with E-state index in [0.717, 1.165) is 34.5 Å². The highest BCUT2D eigenvalue weighted by Crippen LogP contribution is 2.27. The minimum absolute atomic E-state index is 0. The Labute approximate surface area is 208 Å². The number of benzene rings is 2. The Balaban J connectivity index is 0.00000256. The van der Waals surface area contributed by atoms with Gasteiger partial charge in [-0.3, -0.25) is 0 Å². The van der Waals surface area contributed by atoms with E-state index in [1.54, 1.807) is 20.4 Å². The van der Waals surface area contributed by atoms with E-state index in [0.29, 0.717) is 23.8 Å². The summed E-state index contributed by atoms with van der Waals surface area (Å²) in [6.07, 6.45) is 1.93. The van der Waals surface area contributed by atoms with Crippen LogP contribution in [-0.2, 0) is 6.42 Å². The van der Waals surface area contributed by atoms with Crippen molar-refractivity contribution in [3.8, 4) is 28.6 Å². The summed E-state index contributed by atoms with van der Waals surface area (Å²) in [7, 11) is 3.24. The molecule has 2 aromatic carbocycles. The van der Waals surface area contributed by atoms with Crippen molar-refractivity contribution in [3.05, 3.63) is 58.8 Å². The van der Waals surface area contributed by atoms with Crippen molar-refractivity contribution in [1.29, 1.82) is 0 Å². The molecule has 0 saturated heterocycles. The first kappa shape index (κ1) is 28.1. The monoisotopic (exact) mass is 547 g/mol. The third kappa shape index (κ3) is 8.18. The highest BCUT2D eigenvalue weighted by molar-refractivity contribution is 9.10. The number of H-pyrrole nitrogens is 1. The number of nitrogens with zero attached hydrogens (tertiary/aromatic N) is 1. The molecule has 3 aromatic rings. The minimum Gasteiger partial charge on any atom is -0.493 e. The highest BCUT2D eigenvalue weighted by atomic mass is 79.9. The maximum absolute atomic E-state index is 10.1. The molecule has 0 amide bonds. The molecule has 0 radical (unpaired) electrons. The van der Waals surface area contributed by atoms with Crippen LogP contribution in [0.5, 0.6) is 17.2 Å². The molecule has 1 heterocycles. The zero-order valence-corrected chi connectivity index (χ0v) is 21.1. The van der Waals surface area contributed by atoms with Crippen LogP contribution in [0.2, 0.25) is 0 Å². The highest BCUT2D eigenvalue weighted by Gasteiger charge is 2.08. The SMILES string of the molecule is COc1ccc(CCNCC(O)COc2ccc(-c3ncc(Br)[nH]3)cc2)cc1OC.Cl.Cl. The number of aliphatic hydroxyl groups is 1. The van der Waals surface area contributed by atoms with E-state index in [1.807, 2.05) is 42.5 Å². The van der Waals surface area contributed by atoms with E-state index in [4.69, 9.17) is 14.2 Å². The molecular formula is C22H28BrCl2N3O4. The van der Waals surface area contributed by atoms with Gasteiger partial charge in [-0.15, -0.1) is 24.8 Å². The zero-order valence-electron chi connectivity index (χ0n) is 17.8. The van der Waals surface area contributed by atoms with Gasteiger partial charge in [0.15, 0.2) is 11.5 Å². The van der Waals surface area contributed by atoms with E-state index in [1.165, 1.54) is 0 Å². The zero-order chi connectivity index (χ0) is 21.3.